The van der Waals surface area contributed by atoms with Gasteiger partial charge in [0.1, 0.15) is 15.6 Å². The largest absolute Gasteiger partial charge is 0.469 e. The second-order valence-corrected chi connectivity index (χ2v) is 6.90. The van der Waals surface area contributed by atoms with Crippen molar-refractivity contribution in [1.82, 2.24) is 5.32 Å². The zero-order chi connectivity index (χ0) is 13.4. The van der Waals surface area contributed by atoms with E-state index in [1.165, 1.54) is 6.26 Å². The van der Waals surface area contributed by atoms with E-state index in [1.54, 1.807) is 6.26 Å². The molecule has 18 heavy (non-hydrogen) atoms. The van der Waals surface area contributed by atoms with Crippen LogP contribution in [-0.2, 0) is 16.3 Å². The maximum atomic E-state index is 11.1. The summed E-state index contributed by atoms with van der Waals surface area (Å²) >= 11 is 0. The molecule has 0 amide bonds. The topological polar surface area (TPSA) is 59.3 Å². The van der Waals surface area contributed by atoms with Gasteiger partial charge in [-0.15, -0.1) is 0 Å². The van der Waals surface area contributed by atoms with Gasteiger partial charge in [0.05, 0.1) is 6.26 Å². The highest BCUT2D eigenvalue weighted by atomic mass is 32.2. The van der Waals surface area contributed by atoms with Crippen LogP contribution >= 0.6 is 0 Å². The summed E-state index contributed by atoms with van der Waals surface area (Å²) in [5.41, 5.74) is 0. The molecule has 0 aromatic carbocycles. The zero-order valence-corrected chi connectivity index (χ0v) is 12.0. The summed E-state index contributed by atoms with van der Waals surface area (Å²) in [5.74, 6) is 1.26. The SMILES string of the molecule is CCNC(CCCS(C)(=O)=O)CCc1ccco1. The van der Waals surface area contributed by atoms with E-state index in [0.29, 0.717) is 12.5 Å². The highest BCUT2D eigenvalue weighted by Crippen LogP contribution is 2.10. The number of hydrogen-bond donors (Lipinski definition) is 1. The van der Waals surface area contributed by atoms with Crippen molar-refractivity contribution >= 4 is 9.84 Å². The van der Waals surface area contributed by atoms with Crippen LogP contribution in [0.25, 0.3) is 0 Å². The molecule has 4 nitrogen and oxygen atoms in total. The molecule has 0 saturated heterocycles. The first-order valence-corrected chi connectivity index (χ1v) is 8.51. The lowest BCUT2D eigenvalue weighted by atomic mass is 10.1. The smallest absolute Gasteiger partial charge is 0.147 e. The maximum absolute atomic E-state index is 11.1. The van der Waals surface area contributed by atoms with Gasteiger partial charge >= 0.3 is 0 Å². The third kappa shape index (κ3) is 6.81. The Morgan fingerprint density at radius 2 is 2.17 bits per heavy atom. The van der Waals surface area contributed by atoms with Gasteiger partial charge in [-0.25, -0.2) is 8.42 Å². The fourth-order valence-corrected chi connectivity index (χ4v) is 2.69. The summed E-state index contributed by atoms with van der Waals surface area (Å²) in [4.78, 5) is 0. The van der Waals surface area contributed by atoms with Crippen LogP contribution in [0.4, 0.5) is 0 Å². The molecule has 1 heterocycles. The monoisotopic (exact) mass is 273 g/mol. The Bertz CT molecular complexity index is 411. The standard InChI is InChI=1S/C13H23NO3S/c1-3-14-12(6-5-11-18(2,15)16)8-9-13-7-4-10-17-13/h4,7,10,12,14H,3,5-6,8-9,11H2,1-2H3. The first-order chi connectivity index (χ1) is 8.51. The van der Waals surface area contributed by atoms with Crippen molar-refractivity contribution in [3.63, 3.8) is 0 Å². The van der Waals surface area contributed by atoms with E-state index >= 15 is 0 Å². The molecular weight excluding hydrogens is 250 g/mol. The fraction of sp³-hybridized carbons (Fsp3) is 0.692. The van der Waals surface area contributed by atoms with Crippen molar-refractivity contribution in [2.75, 3.05) is 18.6 Å². The summed E-state index contributed by atoms with van der Waals surface area (Å²) in [7, 11) is -2.84. The summed E-state index contributed by atoms with van der Waals surface area (Å²) in [5, 5.41) is 3.39. The molecule has 1 atom stereocenters. The van der Waals surface area contributed by atoms with Gasteiger partial charge in [0, 0.05) is 24.5 Å². The molecule has 0 aliphatic heterocycles. The molecule has 1 N–H and O–H groups in total. The Kier molecular flexibility index (Phi) is 6.43. The number of rotatable bonds is 9. The van der Waals surface area contributed by atoms with Crippen LogP contribution in [0.15, 0.2) is 22.8 Å². The van der Waals surface area contributed by atoms with E-state index in [-0.39, 0.29) is 5.75 Å². The Labute approximate surface area is 110 Å². The molecule has 1 aromatic rings. The predicted molar refractivity (Wildman–Crippen MR) is 73.4 cm³/mol. The van der Waals surface area contributed by atoms with Gasteiger partial charge in [-0.1, -0.05) is 6.92 Å². The van der Waals surface area contributed by atoms with Gasteiger partial charge in [0.15, 0.2) is 0 Å². The van der Waals surface area contributed by atoms with E-state index in [2.05, 4.69) is 12.2 Å². The first kappa shape index (κ1) is 15.2. The molecule has 1 aromatic heterocycles. The molecule has 0 bridgehead atoms. The molecule has 0 aliphatic carbocycles. The number of furan rings is 1. The number of nitrogens with one attached hydrogen (secondary N) is 1. The van der Waals surface area contributed by atoms with Crippen molar-refractivity contribution in [2.45, 2.75) is 38.6 Å². The average Bonchev–Trinajstić information content (AvgIpc) is 2.77. The third-order valence-electron chi connectivity index (χ3n) is 2.88. The molecule has 1 unspecified atom stereocenters. The molecule has 0 saturated carbocycles. The third-order valence-corrected chi connectivity index (χ3v) is 3.91. The van der Waals surface area contributed by atoms with Crippen molar-refractivity contribution in [2.24, 2.45) is 0 Å². The molecule has 0 spiro atoms. The normalized spacial score (nSPS) is 13.7. The summed E-state index contributed by atoms with van der Waals surface area (Å²) < 4.78 is 27.5. The van der Waals surface area contributed by atoms with Crippen LogP contribution in [0.2, 0.25) is 0 Å². The maximum Gasteiger partial charge on any atom is 0.147 e. The Balaban J connectivity index is 2.30. The lowest BCUT2D eigenvalue weighted by Gasteiger charge is -2.16. The molecule has 0 aliphatic rings. The minimum atomic E-state index is -2.84. The lowest BCUT2D eigenvalue weighted by Crippen LogP contribution is -2.29. The Morgan fingerprint density at radius 3 is 2.72 bits per heavy atom. The van der Waals surface area contributed by atoms with Gasteiger partial charge in [-0.2, -0.15) is 0 Å². The summed E-state index contributed by atoms with van der Waals surface area (Å²) in [6.07, 6.45) is 6.45. The number of sulfone groups is 1. The van der Waals surface area contributed by atoms with E-state index in [1.807, 2.05) is 12.1 Å². The highest BCUT2D eigenvalue weighted by molar-refractivity contribution is 7.90. The minimum Gasteiger partial charge on any atom is -0.469 e. The van der Waals surface area contributed by atoms with Crippen molar-refractivity contribution in [3.8, 4) is 0 Å². The van der Waals surface area contributed by atoms with Crippen LogP contribution in [0.5, 0.6) is 0 Å². The van der Waals surface area contributed by atoms with Crippen LogP contribution < -0.4 is 5.32 Å². The van der Waals surface area contributed by atoms with Gasteiger partial charge in [-0.3, -0.25) is 0 Å². The summed E-state index contributed by atoms with van der Waals surface area (Å²) in [6.45, 7) is 2.97. The highest BCUT2D eigenvalue weighted by Gasteiger charge is 2.10. The van der Waals surface area contributed by atoms with Crippen LogP contribution in [-0.4, -0.2) is 33.0 Å². The van der Waals surface area contributed by atoms with Crippen LogP contribution in [0.1, 0.15) is 31.9 Å². The van der Waals surface area contributed by atoms with E-state index in [0.717, 1.165) is 31.6 Å². The van der Waals surface area contributed by atoms with Gasteiger partial charge in [-0.05, 0) is 37.9 Å². The average molecular weight is 273 g/mol. The minimum absolute atomic E-state index is 0.273. The van der Waals surface area contributed by atoms with Crippen molar-refractivity contribution < 1.29 is 12.8 Å². The van der Waals surface area contributed by atoms with Crippen LogP contribution in [0.3, 0.4) is 0 Å². The fourth-order valence-electron chi connectivity index (χ4n) is 2.00. The molecule has 104 valence electrons. The van der Waals surface area contributed by atoms with Gasteiger partial charge in [0.2, 0.25) is 0 Å². The molecular formula is C13H23NO3S. The van der Waals surface area contributed by atoms with E-state index < -0.39 is 9.84 Å². The molecule has 1 rings (SSSR count). The zero-order valence-electron chi connectivity index (χ0n) is 11.2. The van der Waals surface area contributed by atoms with Crippen LogP contribution in [0, 0.1) is 0 Å². The number of aryl methyl sites for hydroxylation is 1. The second kappa shape index (κ2) is 7.59. The number of hydrogen-bond acceptors (Lipinski definition) is 4. The van der Waals surface area contributed by atoms with E-state index in [9.17, 15) is 8.42 Å². The van der Waals surface area contributed by atoms with Gasteiger partial charge < -0.3 is 9.73 Å². The van der Waals surface area contributed by atoms with Gasteiger partial charge in [0.25, 0.3) is 0 Å². The molecule has 0 radical (unpaired) electrons. The first-order valence-electron chi connectivity index (χ1n) is 6.44. The van der Waals surface area contributed by atoms with Crippen molar-refractivity contribution in [1.29, 1.82) is 0 Å². The summed E-state index contributed by atoms with van der Waals surface area (Å²) in [6, 6.07) is 4.22. The van der Waals surface area contributed by atoms with E-state index in [4.69, 9.17) is 4.42 Å². The Hall–Kier alpha value is -0.810. The lowest BCUT2D eigenvalue weighted by molar-refractivity contribution is 0.429. The van der Waals surface area contributed by atoms with Crippen molar-refractivity contribution in [3.05, 3.63) is 24.2 Å². The molecule has 5 heteroatoms. The second-order valence-electron chi connectivity index (χ2n) is 4.64. The molecule has 0 fully saturated rings. The Morgan fingerprint density at radius 1 is 1.39 bits per heavy atom. The predicted octanol–water partition coefficient (Wildman–Crippen LogP) is 2.02. The quantitative estimate of drug-likeness (QED) is 0.748.